The van der Waals surface area contributed by atoms with Crippen LogP contribution in [0, 0.1) is 11.3 Å². The molecule has 17 heavy (non-hydrogen) atoms. The first-order valence-corrected chi connectivity index (χ1v) is 6.19. The van der Waals surface area contributed by atoms with Crippen LogP contribution in [0.1, 0.15) is 35.2 Å². The standard InChI is InChI=1S/C15H16O2/c16-14(17)13-3-1-2-12(8-13)10-15-6-4-11(9-15)5-7-15/h1-4,6,8,11H,5,7,9-10H2,(H,16,17). The number of carboxylic acids is 1. The molecule has 1 aromatic rings. The van der Waals surface area contributed by atoms with Gasteiger partial charge in [-0.05, 0) is 54.7 Å². The molecule has 2 aliphatic carbocycles. The van der Waals surface area contributed by atoms with Crippen molar-refractivity contribution in [2.45, 2.75) is 25.7 Å². The van der Waals surface area contributed by atoms with E-state index in [-0.39, 0.29) is 0 Å². The molecule has 2 unspecified atom stereocenters. The molecule has 3 rings (SSSR count). The molecule has 0 radical (unpaired) electrons. The zero-order valence-corrected chi connectivity index (χ0v) is 9.73. The summed E-state index contributed by atoms with van der Waals surface area (Å²) in [4.78, 5) is 10.9. The molecule has 1 saturated carbocycles. The summed E-state index contributed by atoms with van der Waals surface area (Å²) in [6.45, 7) is 0. The highest BCUT2D eigenvalue weighted by atomic mass is 16.4. The van der Waals surface area contributed by atoms with E-state index >= 15 is 0 Å². The normalized spacial score (nSPS) is 29.8. The van der Waals surface area contributed by atoms with Gasteiger partial charge in [-0.15, -0.1) is 0 Å². The molecule has 0 aromatic heterocycles. The Hall–Kier alpha value is -1.57. The van der Waals surface area contributed by atoms with Crippen molar-refractivity contribution in [3.63, 3.8) is 0 Å². The smallest absolute Gasteiger partial charge is 0.335 e. The number of allylic oxidation sites excluding steroid dienone is 2. The van der Waals surface area contributed by atoms with E-state index in [1.54, 1.807) is 6.07 Å². The maximum atomic E-state index is 10.9. The minimum Gasteiger partial charge on any atom is -0.478 e. The van der Waals surface area contributed by atoms with Gasteiger partial charge in [0, 0.05) is 0 Å². The lowest BCUT2D eigenvalue weighted by Crippen LogP contribution is -2.15. The number of rotatable bonds is 3. The fourth-order valence-electron chi connectivity index (χ4n) is 3.30. The first-order valence-electron chi connectivity index (χ1n) is 6.19. The van der Waals surface area contributed by atoms with E-state index in [1.165, 1.54) is 19.3 Å². The zero-order valence-electron chi connectivity index (χ0n) is 9.73. The van der Waals surface area contributed by atoms with Crippen LogP contribution in [0.3, 0.4) is 0 Å². The molecule has 1 N–H and O–H groups in total. The SMILES string of the molecule is O=C(O)c1cccc(CC23C=CC(CC2)C3)c1. The average molecular weight is 228 g/mol. The number of hydrogen-bond donors (Lipinski definition) is 1. The van der Waals surface area contributed by atoms with E-state index in [1.807, 2.05) is 18.2 Å². The summed E-state index contributed by atoms with van der Waals surface area (Å²) in [5.74, 6) is -0.0618. The summed E-state index contributed by atoms with van der Waals surface area (Å²) in [5.41, 5.74) is 1.87. The lowest BCUT2D eigenvalue weighted by atomic mass is 9.81. The maximum Gasteiger partial charge on any atom is 0.335 e. The molecule has 2 atom stereocenters. The van der Waals surface area contributed by atoms with E-state index < -0.39 is 5.97 Å². The Balaban J connectivity index is 1.83. The van der Waals surface area contributed by atoms with Crippen molar-refractivity contribution in [1.82, 2.24) is 0 Å². The van der Waals surface area contributed by atoms with Gasteiger partial charge in [-0.1, -0.05) is 24.3 Å². The van der Waals surface area contributed by atoms with Gasteiger partial charge in [0.25, 0.3) is 0 Å². The molecular formula is C15H16O2. The van der Waals surface area contributed by atoms with Crippen LogP contribution in [-0.2, 0) is 6.42 Å². The summed E-state index contributed by atoms with van der Waals surface area (Å²) in [5, 5.41) is 8.99. The molecule has 1 aromatic carbocycles. The Labute approximate surface area is 101 Å². The third-order valence-corrected chi connectivity index (χ3v) is 4.13. The quantitative estimate of drug-likeness (QED) is 0.806. The molecule has 0 saturated heterocycles. The van der Waals surface area contributed by atoms with Crippen molar-refractivity contribution in [1.29, 1.82) is 0 Å². The second-order valence-electron chi connectivity index (χ2n) is 5.41. The molecule has 0 spiro atoms. The number of carbonyl (C=O) groups is 1. The Kier molecular flexibility index (Phi) is 2.32. The first-order chi connectivity index (χ1) is 8.17. The van der Waals surface area contributed by atoms with E-state index in [2.05, 4.69) is 12.2 Å². The molecule has 0 amide bonds. The lowest BCUT2D eigenvalue weighted by Gasteiger charge is -2.23. The third-order valence-electron chi connectivity index (χ3n) is 4.13. The Morgan fingerprint density at radius 1 is 1.47 bits per heavy atom. The Morgan fingerprint density at radius 3 is 2.94 bits per heavy atom. The van der Waals surface area contributed by atoms with Gasteiger partial charge in [0.05, 0.1) is 5.56 Å². The molecule has 2 nitrogen and oxygen atoms in total. The van der Waals surface area contributed by atoms with Gasteiger partial charge in [-0.2, -0.15) is 0 Å². The number of benzene rings is 1. The van der Waals surface area contributed by atoms with Crippen molar-refractivity contribution >= 4 is 5.97 Å². The molecule has 2 bridgehead atoms. The highest BCUT2D eigenvalue weighted by molar-refractivity contribution is 5.87. The number of hydrogen-bond acceptors (Lipinski definition) is 1. The van der Waals surface area contributed by atoms with Gasteiger partial charge < -0.3 is 5.11 Å². The molecule has 2 aliphatic rings. The van der Waals surface area contributed by atoms with Gasteiger partial charge >= 0.3 is 5.97 Å². The minimum absolute atomic E-state index is 0.321. The summed E-state index contributed by atoms with van der Waals surface area (Å²) in [7, 11) is 0. The summed E-state index contributed by atoms with van der Waals surface area (Å²) in [6, 6.07) is 7.36. The highest BCUT2D eigenvalue weighted by Crippen LogP contribution is 2.50. The van der Waals surface area contributed by atoms with Gasteiger partial charge in [0.2, 0.25) is 0 Å². The van der Waals surface area contributed by atoms with Gasteiger partial charge in [-0.3, -0.25) is 0 Å². The number of carboxylic acid groups (broad SMARTS) is 1. The van der Waals surface area contributed by atoms with Crippen LogP contribution in [0.2, 0.25) is 0 Å². The third kappa shape index (κ3) is 1.88. The van der Waals surface area contributed by atoms with Crippen molar-refractivity contribution in [2.75, 3.05) is 0 Å². The van der Waals surface area contributed by atoms with Crippen LogP contribution in [-0.4, -0.2) is 11.1 Å². The molecule has 1 fully saturated rings. The van der Waals surface area contributed by atoms with Crippen LogP contribution in [0.25, 0.3) is 0 Å². The van der Waals surface area contributed by atoms with Crippen molar-refractivity contribution in [3.8, 4) is 0 Å². The summed E-state index contributed by atoms with van der Waals surface area (Å²) >= 11 is 0. The predicted octanol–water partition coefficient (Wildman–Crippen LogP) is 3.28. The first kappa shape index (κ1) is 10.6. The van der Waals surface area contributed by atoms with Crippen LogP contribution < -0.4 is 0 Å². The van der Waals surface area contributed by atoms with Crippen molar-refractivity contribution < 1.29 is 9.90 Å². The minimum atomic E-state index is -0.837. The topological polar surface area (TPSA) is 37.3 Å². The molecule has 0 aliphatic heterocycles. The molecular weight excluding hydrogens is 212 g/mol. The molecule has 2 heteroatoms. The average Bonchev–Trinajstić information content (AvgIpc) is 2.89. The Morgan fingerprint density at radius 2 is 2.35 bits per heavy atom. The van der Waals surface area contributed by atoms with Crippen LogP contribution in [0.15, 0.2) is 36.4 Å². The molecule has 88 valence electrons. The molecule has 0 heterocycles. The largest absolute Gasteiger partial charge is 0.478 e. The fourth-order valence-corrected chi connectivity index (χ4v) is 3.30. The highest BCUT2D eigenvalue weighted by Gasteiger charge is 2.40. The maximum absolute atomic E-state index is 10.9. The monoisotopic (exact) mass is 228 g/mol. The van der Waals surface area contributed by atoms with Crippen LogP contribution in [0.5, 0.6) is 0 Å². The van der Waals surface area contributed by atoms with E-state index in [0.29, 0.717) is 11.0 Å². The van der Waals surface area contributed by atoms with E-state index in [4.69, 9.17) is 5.11 Å². The van der Waals surface area contributed by atoms with Gasteiger partial charge in [-0.25, -0.2) is 4.79 Å². The Bertz CT molecular complexity index is 489. The lowest BCUT2D eigenvalue weighted by molar-refractivity contribution is 0.0696. The summed E-state index contributed by atoms with van der Waals surface area (Å²) in [6.07, 6.45) is 9.49. The van der Waals surface area contributed by atoms with Gasteiger partial charge in [0.15, 0.2) is 0 Å². The number of aromatic carboxylic acids is 1. The van der Waals surface area contributed by atoms with Crippen LogP contribution in [0.4, 0.5) is 0 Å². The number of fused-ring (bicyclic) bond motifs is 2. The second-order valence-corrected chi connectivity index (χ2v) is 5.41. The summed E-state index contributed by atoms with van der Waals surface area (Å²) < 4.78 is 0. The van der Waals surface area contributed by atoms with Crippen molar-refractivity contribution in [2.24, 2.45) is 11.3 Å². The predicted molar refractivity (Wildman–Crippen MR) is 66.0 cm³/mol. The van der Waals surface area contributed by atoms with Crippen LogP contribution >= 0.6 is 0 Å². The van der Waals surface area contributed by atoms with E-state index in [9.17, 15) is 4.79 Å². The van der Waals surface area contributed by atoms with Crippen molar-refractivity contribution in [3.05, 3.63) is 47.5 Å². The fraction of sp³-hybridized carbons (Fsp3) is 0.400. The zero-order chi connectivity index (χ0) is 11.9. The van der Waals surface area contributed by atoms with Gasteiger partial charge in [0.1, 0.15) is 0 Å². The second kappa shape index (κ2) is 3.73. The van der Waals surface area contributed by atoms with E-state index in [0.717, 1.165) is 17.9 Å².